The van der Waals surface area contributed by atoms with Gasteiger partial charge in [0.15, 0.2) is 0 Å². The van der Waals surface area contributed by atoms with Crippen molar-refractivity contribution in [2.75, 3.05) is 6.61 Å². The molecule has 0 spiro atoms. The molecule has 0 unspecified atom stereocenters. The van der Waals surface area contributed by atoms with Gasteiger partial charge in [-0.3, -0.25) is 4.79 Å². The summed E-state index contributed by atoms with van der Waals surface area (Å²) < 4.78 is 7.06. The molecule has 0 N–H and O–H groups in total. The third-order valence-corrected chi connectivity index (χ3v) is 4.95. The van der Waals surface area contributed by atoms with Crippen molar-refractivity contribution in [1.29, 1.82) is 0 Å². The lowest BCUT2D eigenvalue weighted by Crippen LogP contribution is -2.12. The minimum absolute atomic E-state index is 0.200. The number of benzene rings is 2. The maximum atomic E-state index is 11.8. The zero-order chi connectivity index (χ0) is 16.9. The average Bonchev–Trinajstić information content (AvgIpc) is 2.91. The molecule has 1 heterocycles. The Morgan fingerprint density at radius 1 is 1.17 bits per heavy atom. The molecule has 3 rings (SSSR count). The summed E-state index contributed by atoms with van der Waals surface area (Å²) in [5.41, 5.74) is 3.65. The van der Waals surface area contributed by atoms with E-state index in [1.165, 1.54) is 21.4 Å². The van der Waals surface area contributed by atoms with Crippen LogP contribution in [0.2, 0.25) is 0 Å². The summed E-state index contributed by atoms with van der Waals surface area (Å²) in [5, 5.41) is 1.18. The maximum Gasteiger partial charge on any atom is 0.325 e. The standard InChI is InChI=1S/C20H21NO2S/c1-3-23-20(22)13-21-12-19(17-9-4-5-10-18(17)21)24-14-16-8-6-7-15(2)11-16/h4-12H,3,13-14H2,1-2H3. The van der Waals surface area contributed by atoms with E-state index in [0.717, 1.165) is 11.3 Å². The van der Waals surface area contributed by atoms with Crippen LogP contribution < -0.4 is 0 Å². The molecule has 2 aromatic carbocycles. The second-order valence-electron chi connectivity index (χ2n) is 5.72. The number of aromatic nitrogens is 1. The van der Waals surface area contributed by atoms with Crippen LogP contribution >= 0.6 is 11.8 Å². The van der Waals surface area contributed by atoms with Crippen molar-refractivity contribution in [3.63, 3.8) is 0 Å². The van der Waals surface area contributed by atoms with Gasteiger partial charge in [0.25, 0.3) is 0 Å². The molecule has 0 saturated heterocycles. The molecule has 1 aromatic heterocycles. The Hall–Kier alpha value is -2.20. The highest BCUT2D eigenvalue weighted by Gasteiger charge is 2.12. The number of aryl methyl sites for hydroxylation is 1. The molecule has 24 heavy (non-hydrogen) atoms. The van der Waals surface area contributed by atoms with Gasteiger partial charge in [-0.1, -0.05) is 48.0 Å². The lowest BCUT2D eigenvalue weighted by molar-refractivity contribution is -0.143. The van der Waals surface area contributed by atoms with E-state index in [9.17, 15) is 4.79 Å². The molecule has 0 radical (unpaired) electrons. The maximum absolute atomic E-state index is 11.8. The summed E-state index contributed by atoms with van der Waals surface area (Å²) >= 11 is 1.80. The Bertz CT molecular complexity index is 854. The van der Waals surface area contributed by atoms with E-state index in [2.05, 4.69) is 43.5 Å². The number of esters is 1. The van der Waals surface area contributed by atoms with Gasteiger partial charge < -0.3 is 9.30 Å². The Kier molecular flexibility index (Phi) is 5.26. The Balaban J connectivity index is 1.84. The fraction of sp³-hybridized carbons (Fsp3) is 0.250. The highest BCUT2D eigenvalue weighted by molar-refractivity contribution is 7.98. The molecule has 4 heteroatoms. The molecular formula is C20H21NO2S. The van der Waals surface area contributed by atoms with Gasteiger partial charge in [-0.15, -0.1) is 11.8 Å². The van der Waals surface area contributed by atoms with Gasteiger partial charge in [0.2, 0.25) is 0 Å². The van der Waals surface area contributed by atoms with Crippen LogP contribution in [0.25, 0.3) is 10.9 Å². The molecule has 124 valence electrons. The molecule has 0 bridgehead atoms. The van der Waals surface area contributed by atoms with Crippen molar-refractivity contribution in [3.8, 4) is 0 Å². The topological polar surface area (TPSA) is 31.2 Å². The Labute approximate surface area is 146 Å². The molecule has 0 aliphatic heterocycles. The van der Waals surface area contributed by atoms with Crippen LogP contribution in [-0.2, 0) is 21.8 Å². The number of para-hydroxylation sites is 1. The Morgan fingerprint density at radius 3 is 2.79 bits per heavy atom. The molecule has 0 saturated carbocycles. The number of rotatable bonds is 6. The van der Waals surface area contributed by atoms with Gasteiger partial charge in [0.05, 0.1) is 6.61 Å². The van der Waals surface area contributed by atoms with Crippen molar-refractivity contribution >= 4 is 28.6 Å². The van der Waals surface area contributed by atoms with Gasteiger partial charge in [0.1, 0.15) is 6.54 Å². The largest absolute Gasteiger partial charge is 0.465 e. The quantitative estimate of drug-likeness (QED) is 0.477. The van der Waals surface area contributed by atoms with E-state index in [4.69, 9.17) is 4.74 Å². The monoisotopic (exact) mass is 339 g/mol. The number of fused-ring (bicyclic) bond motifs is 1. The lowest BCUT2D eigenvalue weighted by atomic mass is 10.2. The Morgan fingerprint density at radius 2 is 2.00 bits per heavy atom. The number of hydrogen-bond donors (Lipinski definition) is 0. The third kappa shape index (κ3) is 3.82. The summed E-state index contributed by atoms with van der Waals surface area (Å²) in [5.74, 6) is 0.711. The molecule has 3 aromatic rings. The van der Waals surface area contributed by atoms with E-state index in [1.807, 2.05) is 29.7 Å². The molecule has 0 atom stereocenters. The van der Waals surface area contributed by atoms with Crippen LogP contribution in [0.3, 0.4) is 0 Å². The first-order valence-corrected chi connectivity index (χ1v) is 9.07. The molecule has 0 aliphatic carbocycles. The van der Waals surface area contributed by atoms with Gasteiger partial charge >= 0.3 is 5.97 Å². The summed E-state index contributed by atoms with van der Waals surface area (Å²) in [4.78, 5) is 13.0. The minimum atomic E-state index is -0.200. The van der Waals surface area contributed by atoms with Crippen LogP contribution in [0.1, 0.15) is 18.1 Å². The summed E-state index contributed by atoms with van der Waals surface area (Å²) in [6, 6.07) is 16.8. The van der Waals surface area contributed by atoms with E-state index >= 15 is 0 Å². The van der Waals surface area contributed by atoms with Crippen molar-refractivity contribution in [1.82, 2.24) is 4.57 Å². The van der Waals surface area contributed by atoms with Gasteiger partial charge in [-0.05, 0) is 25.5 Å². The van der Waals surface area contributed by atoms with Crippen molar-refractivity contribution in [3.05, 3.63) is 65.9 Å². The highest BCUT2D eigenvalue weighted by Crippen LogP contribution is 2.32. The van der Waals surface area contributed by atoms with E-state index in [1.54, 1.807) is 11.8 Å². The van der Waals surface area contributed by atoms with Gasteiger partial charge in [-0.25, -0.2) is 0 Å². The van der Waals surface area contributed by atoms with E-state index in [0.29, 0.717) is 6.61 Å². The molecular weight excluding hydrogens is 318 g/mol. The van der Waals surface area contributed by atoms with Crippen LogP contribution in [0.4, 0.5) is 0 Å². The number of carbonyl (C=O) groups excluding carboxylic acids is 1. The second-order valence-corrected chi connectivity index (χ2v) is 6.74. The molecule has 0 fully saturated rings. The first kappa shape index (κ1) is 16.7. The fourth-order valence-electron chi connectivity index (χ4n) is 2.77. The van der Waals surface area contributed by atoms with Crippen LogP contribution in [0.15, 0.2) is 59.6 Å². The fourth-order valence-corrected chi connectivity index (χ4v) is 3.80. The summed E-state index contributed by atoms with van der Waals surface area (Å²) in [6.45, 7) is 4.60. The van der Waals surface area contributed by atoms with Crippen LogP contribution in [0, 0.1) is 6.92 Å². The second kappa shape index (κ2) is 7.58. The third-order valence-electron chi connectivity index (χ3n) is 3.83. The zero-order valence-corrected chi connectivity index (χ0v) is 14.8. The molecule has 3 nitrogen and oxygen atoms in total. The van der Waals surface area contributed by atoms with Crippen molar-refractivity contribution in [2.24, 2.45) is 0 Å². The molecule has 0 aliphatic rings. The lowest BCUT2D eigenvalue weighted by Gasteiger charge is -2.04. The number of carbonyl (C=O) groups is 1. The zero-order valence-electron chi connectivity index (χ0n) is 14.0. The van der Waals surface area contributed by atoms with Crippen LogP contribution in [0.5, 0.6) is 0 Å². The van der Waals surface area contributed by atoms with E-state index < -0.39 is 0 Å². The first-order chi connectivity index (χ1) is 11.7. The normalized spacial score (nSPS) is 10.9. The molecule has 0 amide bonds. The van der Waals surface area contributed by atoms with E-state index in [-0.39, 0.29) is 12.5 Å². The van der Waals surface area contributed by atoms with Crippen LogP contribution in [-0.4, -0.2) is 17.1 Å². The SMILES string of the molecule is CCOC(=O)Cn1cc(SCc2cccc(C)c2)c2ccccc21. The predicted molar refractivity (Wildman–Crippen MR) is 99.3 cm³/mol. The summed E-state index contributed by atoms with van der Waals surface area (Å²) in [6.07, 6.45) is 2.06. The number of ether oxygens (including phenoxy) is 1. The first-order valence-electron chi connectivity index (χ1n) is 8.09. The number of thioether (sulfide) groups is 1. The average molecular weight is 339 g/mol. The van der Waals surface area contributed by atoms with Gasteiger partial charge in [-0.2, -0.15) is 0 Å². The predicted octanol–water partition coefficient (Wildman–Crippen LogP) is 4.81. The van der Waals surface area contributed by atoms with Gasteiger partial charge in [0, 0.05) is 27.7 Å². The minimum Gasteiger partial charge on any atom is -0.465 e. The smallest absolute Gasteiger partial charge is 0.325 e. The number of nitrogens with zero attached hydrogens (tertiary/aromatic N) is 1. The number of hydrogen-bond acceptors (Lipinski definition) is 3. The van der Waals surface area contributed by atoms with Crippen molar-refractivity contribution in [2.45, 2.75) is 31.0 Å². The highest BCUT2D eigenvalue weighted by atomic mass is 32.2. The van der Waals surface area contributed by atoms with Crippen molar-refractivity contribution < 1.29 is 9.53 Å². The summed E-state index contributed by atoms with van der Waals surface area (Å²) in [7, 11) is 0.